The van der Waals surface area contributed by atoms with Crippen LogP contribution in [0.3, 0.4) is 0 Å². The number of hydrogen-bond acceptors (Lipinski definition) is 2. The van der Waals surface area contributed by atoms with Gasteiger partial charge in [0.25, 0.3) is 0 Å². The molecule has 0 aliphatic heterocycles. The summed E-state index contributed by atoms with van der Waals surface area (Å²) < 4.78 is 0. The molecule has 0 amide bonds. The Morgan fingerprint density at radius 3 is 1.47 bits per heavy atom. The average molecular weight is 242 g/mol. The van der Waals surface area contributed by atoms with Crippen molar-refractivity contribution in [2.24, 2.45) is 0 Å². The van der Waals surface area contributed by atoms with Crippen molar-refractivity contribution < 1.29 is 0 Å². The van der Waals surface area contributed by atoms with Crippen LogP contribution < -0.4 is 10.6 Å². The maximum absolute atomic E-state index is 3.46. The van der Waals surface area contributed by atoms with E-state index in [0.29, 0.717) is 0 Å². The lowest BCUT2D eigenvalue weighted by molar-refractivity contribution is 0.542. The van der Waals surface area contributed by atoms with Gasteiger partial charge in [0.1, 0.15) is 0 Å². The standard InChI is InChI=1S/C15H34N2/c1-3-13-17-15-12-10-8-6-5-7-9-11-14-16-4-2/h16-17H,3-15H2,1-2H3. The maximum atomic E-state index is 3.46. The highest BCUT2D eigenvalue weighted by atomic mass is 14.8. The minimum atomic E-state index is 1.12. The fourth-order valence-corrected chi connectivity index (χ4v) is 2.04. The summed E-state index contributed by atoms with van der Waals surface area (Å²) in [5.74, 6) is 0. The SMILES string of the molecule is CCCNCCCCCCCCCCNCC. The molecule has 0 fully saturated rings. The first kappa shape index (κ1) is 16.9. The lowest BCUT2D eigenvalue weighted by atomic mass is 10.1. The van der Waals surface area contributed by atoms with Gasteiger partial charge in [0.2, 0.25) is 0 Å². The van der Waals surface area contributed by atoms with E-state index in [1.807, 2.05) is 0 Å². The minimum absolute atomic E-state index is 1.12. The Balaban J connectivity index is 2.85. The van der Waals surface area contributed by atoms with Gasteiger partial charge in [0.15, 0.2) is 0 Å². The summed E-state index contributed by atoms with van der Waals surface area (Å²) in [5, 5.41) is 6.84. The molecule has 0 saturated carbocycles. The average Bonchev–Trinajstić information content (AvgIpc) is 2.35. The van der Waals surface area contributed by atoms with Crippen LogP contribution in [0.4, 0.5) is 0 Å². The van der Waals surface area contributed by atoms with Gasteiger partial charge >= 0.3 is 0 Å². The van der Waals surface area contributed by atoms with Crippen molar-refractivity contribution >= 4 is 0 Å². The highest BCUT2D eigenvalue weighted by Crippen LogP contribution is 2.07. The van der Waals surface area contributed by atoms with Crippen molar-refractivity contribution in [3.05, 3.63) is 0 Å². The topological polar surface area (TPSA) is 24.1 Å². The molecule has 0 aromatic heterocycles. The van der Waals surface area contributed by atoms with Gasteiger partial charge in [0.05, 0.1) is 0 Å². The molecule has 0 unspecified atom stereocenters. The largest absolute Gasteiger partial charge is 0.317 e. The molecule has 2 N–H and O–H groups in total. The van der Waals surface area contributed by atoms with Crippen LogP contribution in [-0.4, -0.2) is 26.2 Å². The summed E-state index contributed by atoms with van der Waals surface area (Å²) in [6, 6.07) is 0. The third kappa shape index (κ3) is 15.9. The van der Waals surface area contributed by atoms with Gasteiger partial charge in [-0.05, 0) is 45.4 Å². The number of rotatable bonds is 14. The number of nitrogens with one attached hydrogen (secondary N) is 2. The zero-order valence-electron chi connectivity index (χ0n) is 12.2. The molecule has 0 heterocycles. The predicted molar refractivity (Wildman–Crippen MR) is 78.6 cm³/mol. The summed E-state index contributed by atoms with van der Waals surface area (Å²) >= 11 is 0. The molecule has 0 rings (SSSR count). The van der Waals surface area contributed by atoms with Crippen LogP contribution >= 0.6 is 0 Å². The van der Waals surface area contributed by atoms with Crippen LogP contribution in [0.15, 0.2) is 0 Å². The quantitative estimate of drug-likeness (QED) is 0.454. The molecule has 104 valence electrons. The first-order chi connectivity index (χ1) is 8.41. The van der Waals surface area contributed by atoms with E-state index in [9.17, 15) is 0 Å². The molecule has 0 aromatic rings. The van der Waals surface area contributed by atoms with E-state index in [1.54, 1.807) is 0 Å². The summed E-state index contributed by atoms with van der Waals surface area (Å²) in [6.45, 7) is 9.13. The molecule has 17 heavy (non-hydrogen) atoms. The van der Waals surface area contributed by atoms with Crippen LogP contribution in [0, 0.1) is 0 Å². The van der Waals surface area contributed by atoms with Crippen molar-refractivity contribution in [2.75, 3.05) is 26.2 Å². The third-order valence-electron chi connectivity index (χ3n) is 3.13. The minimum Gasteiger partial charge on any atom is -0.317 e. The highest BCUT2D eigenvalue weighted by Gasteiger charge is 1.92. The smallest absolute Gasteiger partial charge is 0.00489 e. The predicted octanol–water partition coefficient (Wildman–Crippen LogP) is 3.72. The molecular weight excluding hydrogens is 208 g/mol. The first-order valence-electron chi connectivity index (χ1n) is 7.83. The molecule has 0 aromatic carbocycles. The molecule has 0 radical (unpaired) electrons. The van der Waals surface area contributed by atoms with Gasteiger partial charge in [-0.2, -0.15) is 0 Å². The second-order valence-electron chi connectivity index (χ2n) is 4.93. The van der Waals surface area contributed by atoms with Crippen molar-refractivity contribution in [3.63, 3.8) is 0 Å². The summed E-state index contributed by atoms with van der Waals surface area (Å²) in [5.41, 5.74) is 0. The molecule has 0 aliphatic rings. The molecule has 2 nitrogen and oxygen atoms in total. The third-order valence-corrected chi connectivity index (χ3v) is 3.13. The Hall–Kier alpha value is -0.0800. The zero-order chi connectivity index (χ0) is 12.6. The fourth-order valence-electron chi connectivity index (χ4n) is 2.04. The zero-order valence-corrected chi connectivity index (χ0v) is 12.2. The Morgan fingerprint density at radius 1 is 0.529 bits per heavy atom. The fraction of sp³-hybridized carbons (Fsp3) is 1.00. The van der Waals surface area contributed by atoms with Crippen molar-refractivity contribution in [2.45, 2.75) is 71.6 Å². The van der Waals surface area contributed by atoms with Gasteiger partial charge in [-0.3, -0.25) is 0 Å². The van der Waals surface area contributed by atoms with Gasteiger partial charge in [-0.25, -0.2) is 0 Å². The second kappa shape index (κ2) is 15.9. The van der Waals surface area contributed by atoms with Gasteiger partial charge < -0.3 is 10.6 Å². The van der Waals surface area contributed by atoms with E-state index in [4.69, 9.17) is 0 Å². The molecule has 0 saturated heterocycles. The van der Waals surface area contributed by atoms with E-state index >= 15 is 0 Å². The maximum Gasteiger partial charge on any atom is -0.00489 e. The van der Waals surface area contributed by atoms with Crippen LogP contribution in [0.25, 0.3) is 0 Å². The van der Waals surface area contributed by atoms with Gasteiger partial charge in [-0.15, -0.1) is 0 Å². The monoisotopic (exact) mass is 242 g/mol. The van der Waals surface area contributed by atoms with E-state index in [0.717, 1.165) is 6.54 Å². The molecule has 0 bridgehead atoms. The highest BCUT2D eigenvalue weighted by molar-refractivity contribution is 4.50. The molecule has 0 aliphatic carbocycles. The van der Waals surface area contributed by atoms with E-state index in [2.05, 4.69) is 24.5 Å². The van der Waals surface area contributed by atoms with E-state index in [1.165, 1.54) is 77.4 Å². The van der Waals surface area contributed by atoms with E-state index < -0.39 is 0 Å². The van der Waals surface area contributed by atoms with Crippen LogP contribution in [0.2, 0.25) is 0 Å². The van der Waals surface area contributed by atoms with Crippen LogP contribution in [0.5, 0.6) is 0 Å². The molecule has 0 spiro atoms. The van der Waals surface area contributed by atoms with Gasteiger partial charge in [-0.1, -0.05) is 52.4 Å². The van der Waals surface area contributed by atoms with Crippen molar-refractivity contribution in [1.29, 1.82) is 0 Å². The lowest BCUT2D eigenvalue weighted by Crippen LogP contribution is -2.15. The second-order valence-corrected chi connectivity index (χ2v) is 4.93. The van der Waals surface area contributed by atoms with Crippen LogP contribution in [-0.2, 0) is 0 Å². The molecule has 2 heteroatoms. The molecular formula is C15H34N2. The Morgan fingerprint density at radius 2 is 1.00 bits per heavy atom. The summed E-state index contributed by atoms with van der Waals surface area (Å²) in [4.78, 5) is 0. The summed E-state index contributed by atoms with van der Waals surface area (Å²) in [7, 11) is 0. The van der Waals surface area contributed by atoms with Crippen LogP contribution in [0.1, 0.15) is 71.6 Å². The number of hydrogen-bond donors (Lipinski definition) is 2. The van der Waals surface area contributed by atoms with Crippen molar-refractivity contribution in [3.8, 4) is 0 Å². The van der Waals surface area contributed by atoms with E-state index in [-0.39, 0.29) is 0 Å². The molecule has 0 atom stereocenters. The normalized spacial score (nSPS) is 10.9. The Kier molecular flexibility index (Phi) is 15.8. The summed E-state index contributed by atoms with van der Waals surface area (Å²) in [6.07, 6.45) is 12.5. The first-order valence-corrected chi connectivity index (χ1v) is 7.83. The van der Waals surface area contributed by atoms with Gasteiger partial charge in [0, 0.05) is 0 Å². The van der Waals surface area contributed by atoms with Crippen molar-refractivity contribution in [1.82, 2.24) is 10.6 Å². The Bertz CT molecular complexity index is 112. The number of unbranched alkanes of at least 4 members (excludes halogenated alkanes) is 7. The Labute approximate surface area is 109 Å². The lowest BCUT2D eigenvalue weighted by Gasteiger charge is -2.04.